The average molecular weight is 390 g/mol. The van der Waals surface area contributed by atoms with Crippen LogP contribution in [0.25, 0.3) is 33.3 Å². The van der Waals surface area contributed by atoms with Crippen LogP contribution < -0.4 is 16.2 Å². The summed E-state index contributed by atoms with van der Waals surface area (Å²) in [4.78, 5) is 24.0. The van der Waals surface area contributed by atoms with Gasteiger partial charge < -0.3 is 20.6 Å². The lowest BCUT2D eigenvalue weighted by Crippen LogP contribution is -2.38. The van der Waals surface area contributed by atoms with Gasteiger partial charge in [-0.25, -0.2) is 4.98 Å². The molecule has 1 aliphatic rings. The van der Waals surface area contributed by atoms with Crippen LogP contribution in [-0.2, 0) is 0 Å². The minimum atomic E-state index is -0.140. The Morgan fingerprint density at radius 3 is 2.52 bits per heavy atom. The summed E-state index contributed by atoms with van der Waals surface area (Å²) >= 11 is 0. The van der Waals surface area contributed by atoms with E-state index in [1.807, 2.05) is 62.4 Å². The number of piperidine rings is 1. The number of fused-ring (bicyclic) bond motifs is 2. The van der Waals surface area contributed by atoms with Crippen LogP contribution in [0.5, 0.6) is 0 Å². The van der Waals surface area contributed by atoms with Gasteiger partial charge >= 0.3 is 0 Å². The molecule has 1 aliphatic heterocycles. The maximum absolute atomic E-state index is 13.0. The van der Waals surface area contributed by atoms with E-state index in [2.05, 4.69) is 25.6 Å². The highest BCUT2D eigenvalue weighted by Gasteiger charge is 2.21. The molecule has 4 N–H and O–H groups in total. The Bertz CT molecular complexity index is 1140. The Morgan fingerprint density at radius 2 is 1.76 bits per heavy atom. The number of nitrogens with zero attached hydrogens (tertiary/aromatic N) is 1. The number of para-hydroxylation sites is 3. The fourth-order valence-corrected chi connectivity index (χ4v) is 3.87. The fraction of sp³-hybridized carbons (Fsp3) is 0.304. The van der Waals surface area contributed by atoms with Crippen molar-refractivity contribution in [1.29, 1.82) is 0 Å². The zero-order valence-corrected chi connectivity index (χ0v) is 16.9. The number of benzene rings is 2. The van der Waals surface area contributed by atoms with E-state index >= 15 is 0 Å². The number of aromatic nitrogens is 3. The molecule has 3 heterocycles. The second-order valence-electron chi connectivity index (χ2n) is 7.04. The van der Waals surface area contributed by atoms with Gasteiger partial charge in [0.25, 0.3) is 5.56 Å². The minimum absolute atomic E-state index is 0.140. The quantitative estimate of drug-likeness (QED) is 0.422. The molecule has 1 fully saturated rings. The summed E-state index contributed by atoms with van der Waals surface area (Å²) in [6.45, 7) is 5.94. The Labute approximate surface area is 169 Å². The lowest BCUT2D eigenvalue weighted by molar-refractivity contribution is 0.480. The molecule has 0 aliphatic carbocycles. The van der Waals surface area contributed by atoms with Crippen molar-refractivity contribution in [3.63, 3.8) is 0 Å². The molecule has 6 nitrogen and oxygen atoms in total. The van der Waals surface area contributed by atoms with Crippen LogP contribution in [0.1, 0.15) is 26.7 Å². The van der Waals surface area contributed by atoms with Gasteiger partial charge in [0, 0.05) is 18.0 Å². The Kier molecular flexibility index (Phi) is 5.62. The van der Waals surface area contributed by atoms with E-state index in [0.29, 0.717) is 11.4 Å². The normalized spacial score (nSPS) is 16.4. The second-order valence-corrected chi connectivity index (χ2v) is 7.04. The van der Waals surface area contributed by atoms with Crippen molar-refractivity contribution in [2.45, 2.75) is 32.7 Å². The van der Waals surface area contributed by atoms with Crippen LogP contribution in [0.4, 0.5) is 5.69 Å². The largest absolute Gasteiger partial charge is 0.380 e. The zero-order valence-electron chi connectivity index (χ0n) is 16.9. The summed E-state index contributed by atoms with van der Waals surface area (Å²) in [7, 11) is 0. The second kappa shape index (κ2) is 8.49. The van der Waals surface area contributed by atoms with Gasteiger partial charge in [0.15, 0.2) is 0 Å². The molecule has 150 valence electrons. The maximum atomic E-state index is 13.0. The Balaban J connectivity index is 0.000000994. The molecule has 0 spiro atoms. The van der Waals surface area contributed by atoms with Gasteiger partial charge in [-0.05, 0) is 37.6 Å². The molecule has 1 saturated heterocycles. The smallest absolute Gasteiger partial charge is 0.261 e. The Hall–Kier alpha value is -3.12. The number of imidazole rings is 1. The van der Waals surface area contributed by atoms with E-state index in [1.54, 1.807) is 0 Å². The molecule has 1 atom stereocenters. The van der Waals surface area contributed by atoms with Crippen molar-refractivity contribution in [2.24, 2.45) is 0 Å². The van der Waals surface area contributed by atoms with Gasteiger partial charge in [-0.3, -0.25) is 4.79 Å². The number of nitrogens with one attached hydrogen (secondary N) is 4. The number of rotatable bonds is 3. The monoisotopic (exact) mass is 389 g/mol. The van der Waals surface area contributed by atoms with Crippen LogP contribution >= 0.6 is 0 Å². The van der Waals surface area contributed by atoms with Crippen molar-refractivity contribution in [3.8, 4) is 11.4 Å². The van der Waals surface area contributed by atoms with Crippen molar-refractivity contribution in [2.75, 3.05) is 18.4 Å². The molecule has 2 aromatic heterocycles. The molecule has 1 unspecified atom stereocenters. The SMILES string of the molecule is CC.O=c1[nH]c2ccccc2c(NC2CCCNC2)c1-c1nc2ccccc2[nH]1. The van der Waals surface area contributed by atoms with E-state index < -0.39 is 0 Å². The molecule has 29 heavy (non-hydrogen) atoms. The molecule has 6 heteroatoms. The predicted molar refractivity (Wildman–Crippen MR) is 121 cm³/mol. The first kappa shape index (κ1) is 19.2. The summed E-state index contributed by atoms with van der Waals surface area (Å²) in [5.41, 5.74) is 3.88. The molecule has 5 rings (SSSR count). The standard InChI is InChI=1S/C21H21N5O.C2H6/c27-21-18(20-24-16-9-3-4-10-17(16)25-20)19(23-13-6-5-11-22-12-13)14-7-1-2-8-15(14)26-21;1-2/h1-4,7-10,13,22H,5-6,11-12H2,(H,24,25)(H2,23,26,27);1-2H3. The van der Waals surface area contributed by atoms with Gasteiger partial charge in [-0.15, -0.1) is 0 Å². The third kappa shape index (κ3) is 3.76. The van der Waals surface area contributed by atoms with Gasteiger partial charge in [-0.1, -0.05) is 44.2 Å². The number of H-pyrrole nitrogens is 2. The number of anilines is 1. The summed E-state index contributed by atoms with van der Waals surface area (Å²) in [6, 6.07) is 16.0. The lowest BCUT2D eigenvalue weighted by atomic mass is 10.0. The van der Waals surface area contributed by atoms with Crippen molar-refractivity contribution < 1.29 is 0 Å². The third-order valence-corrected chi connectivity index (χ3v) is 5.19. The van der Waals surface area contributed by atoms with Crippen molar-refractivity contribution >= 4 is 27.6 Å². The minimum Gasteiger partial charge on any atom is -0.380 e. The fourth-order valence-electron chi connectivity index (χ4n) is 3.87. The van der Waals surface area contributed by atoms with Crippen molar-refractivity contribution in [1.82, 2.24) is 20.3 Å². The van der Waals surface area contributed by atoms with Crippen LogP contribution in [0.15, 0.2) is 53.3 Å². The highest BCUT2D eigenvalue weighted by Crippen LogP contribution is 2.31. The van der Waals surface area contributed by atoms with Crippen LogP contribution in [-0.4, -0.2) is 34.1 Å². The average Bonchev–Trinajstić information content (AvgIpc) is 3.19. The van der Waals surface area contributed by atoms with E-state index in [4.69, 9.17) is 0 Å². The topological polar surface area (TPSA) is 85.6 Å². The first-order valence-corrected chi connectivity index (χ1v) is 10.4. The number of hydrogen-bond acceptors (Lipinski definition) is 4. The third-order valence-electron chi connectivity index (χ3n) is 5.19. The summed E-state index contributed by atoms with van der Waals surface area (Å²) in [5, 5.41) is 8.06. The number of aromatic amines is 2. The first-order valence-electron chi connectivity index (χ1n) is 10.4. The van der Waals surface area contributed by atoms with E-state index in [0.717, 1.165) is 53.6 Å². The molecule has 4 aromatic rings. The molecule has 0 radical (unpaired) electrons. The summed E-state index contributed by atoms with van der Waals surface area (Å²) < 4.78 is 0. The highest BCUT2D eigenvalue weighted by molar-refractivity contribution is 5.99. The van der Waals surface area contributed by atoms with Gasteiger partial charge in [0.1, 0.15) is 11.4 Å². The first-order chi connectivity index (χ1) is 14.3. The van der Waals surface area contributed by atoms with Gasteiger partial charge in [0.05, 0.1) is 22.2 Å². The molecule has 0 bridgehead atoms. The summed E-state index contributed by atoms with van der Waals surface area (Å²) in [6.07, 6.45) is 2.20. The Morgan fingerprint density at radius 1 is 1.00 bits per heavy atom. The van der Waals surface area contributed by atoms with Crippen LogP contribution in [0.3, 0.4) is 0 Å². The number of hydrogen-bond donors (Lipinski definition) is 4. The van der Waals surface area contributed by atoms with Gasteiger partial charge in [0.2, 0.25) is 0 Å². The van der Waals surface area contributed by atoms with Crippen molar-refractivity contribution in [3.05, 3.63) is 58.9 Å². The number of pyridine rings is 1. The van der Waals surface area contributed by atoms with E-state index in [9.17, 15) is 4.79 Å². The molecule has 2 aromatic carbocycles. The summed E-state index contributed by atoms with van der Waals surface area (Å²) in [5.74, 6) is 0.592. The zero-order chi connectivity index (χ0) is 20.2. The van der Waals surface area contributed by atoms with Crippen LogP contribution in [0.2, 0.25) is 0 Å². The van der Waals surface area contributed by atoms with E-state index in [1.165, 1.54) is 0 Å². The molecular formula is C23H27N5O. The molecular weight excluding hydrogens is 362 g/mol. The molecule has 0 saturated carbocycles. The highest BCUT2D eigenvalue weighted by atomic mass is 16.1. The lowest BCUT2D eigenvalue weighted by Gasteiger charge is -2.26. The van der Waals surface area contributed by atoms with E-state index in [-0.39, 0.29) is 11.6 Å². The van der Waals surface area contributed by atoms with Crippen LogP contribution in [0, 0.1) is 0 Å². The van der Waals surface area contributed by atoms with Gasteiger partial charge in [-0.2, -0.15) is 0 Å². The predicted octanol–water partition coefficient (Wildman–Crippen LogP) is 4.26. The molecule has 0 amide bonds. The maximum Gasteiger partial charge on any atom is 0.261 e.